The van der Waals surface area contributed by atoms with Crippen molar-refractivity contribution < 1.29 is 33.6 Å². The molecule has 194 valence electrons. The molecule has 2 amide bonds. The summed E-state index contributed by atoms with van der Waals surface area (Å²) in [5, 5.41) is 10.2. The highest BCUT2D eigenvalue weighted by Gasteiger charge is 2.69. The van der Waals surface area contributed by atoms with Crippen LogP contribution in [0.15, 0.2) is 59.7 Å². The number of allylic oxidation sites excluding steroid dienone is 1. The van der Waals surface area contributed by atoms with Gasteiger partial charge in [-0.2, -0.15) is 4.59 Å². The molecular weight excluding hydrogens is 474 g/mol. The fraction of sp³-hybridized carbons (Fsp3) is 0.464. The summed E-state index contributed by atoms with van der Waals surface area (Å²) in [6.07, 6.45) is 6.12. The lowest BCUT2D eigenvalue weighted by Gasteiger charge is -2.39. The van der Waals surface area contributed by atoms with Crippen LogP contribution in [0.3, 0.4) is 0 Å². The van der Waals surface area contributed by atoms with Crippen LogP contribution in [0.5, 0.6) is 0 Å². The van der Waals surface area contributed by atoms with Crippen LogP contribution in [0.4, 0.5) is 4.79 Å². The second-order valence-corrected chi connectivity index (χ2v) is 10.8. The van der Waals surface area contributed by atoms with Crippen molar-refractivity contribution in [2.45, 2.75) is 50.4 Å². The molecule has 7 atom stereocenters. The molecule has 6 unspecified atom stereocenters. The number of carbonyl (C=O) groups is 3. The highest BCUT2D eigenvalue weighted by atomic mass is 16.6. The summed E-state index contributed by atoms with van der Waals surface area (Å²) in [7, 11) is 3.08. The summed E-state index contributed by atoms with van der Waals surface area (Å²) in [6, 6.07) is 8.71. The topological polar surface area (TPSA) is 113 Å². The van der Waals surface area contributed by atoms with Crippen molar-refractivity contribution in [2.24, 2.45) is 17.8 Å². The Hall–Kier alpha value is -3.52. The van der Waals surface area contributed by atoms with Crippen molar-refractivity contribution in [2.75, 3.05) is 14.1 Å². The average Bonchev–Trinajstić information content (AvgIpc) is 3.52. The van der Waals surface area contributed by atoms with Gasteiger partial charge >= 0.3 is 18.0 Å². The number of carboxylic acid groups (broad SMARTS) is 1. The van der Waals surface area contributed by atoms with Gasteiger partial charge in [0.15, 0.2) is 12.1 Å². The number of aliphatic carboxylic acids is 1. The Bertz CT molecular complexity index is 1220. The number of hydrogen-bond acceptors (Lipinski definition) is 6. The summed E-state index contributed by atoms with van der Waals surface area (Å²) < 4.78 is 5.25. The van der Waals surface area contributed by atoms with Gasteiger partial charge in [-0.1, -0.05) is 36.4 Å². The van der Waals surface area contributed by atoms with Gasteiger partial charge in [0.05, 0.1) is 11.5 Å². The maximum atomic E-state index is 13.9. The minimum absolute atomic E-state index is 0.0278. The number of amides is 2. The summed E-state index contributed by atoms with van der Waals surface area (Å²) in [4.78, 5) is 51.2. The van der Waals surface area contributed by atoms with Crippen molar-refractivity contribution in [1.29, 1.82) is 0 Å². The predicted octanol–water partition coefficient (Wildman–Crippen LogP) is 2.63. The van der Waals surface area contributed by atoms with Crippen molar-refractivity contribution in [3.63, 3.8) is 0 Å². The minimum Gasteiger partial charge on any atom is -0.480 e. The molecule has 1 heterocycles. The van der Waals surface area contributed by atoms with Gasteiger partial charge in [-0.15, -0.1) is 5.43 Å². The van der Waals surface area contributed by atoms with Crippen LogP contribution in [0.2, 0.25) is 0 Å². The van der Waals surface area contributed by atoms with E-state index in [1.54, 1.807) is 12.2 Å². The van der Waals surface area contributed by atoms with Crippen molar-refractivity contribution in [1.82, 2.24) is 10.3 Å². The standard InChI is InChI=1S/C28H31N3O6/c1-30(2)28(36)37-25-9-8-18(10-20(25)16-32)13-23(27(34)35)29-31(15-17-6-4-3-5-7-17)24-14-19-11-21(24)22(12-19)26(31)33/h3-10,19,21-25,29H,11-15H2,1-2H3/p+1/t19?,21?,22?,23-,24?,25?,31?/m0/s1. The Morgan fingerprint density at radius 2 is 1.97 bits per heavy atom. The monoisotopic (exact) mass is 506 g/mol. The molecule has 1 aliphatic heterocycles. The lowest BCUT2D eigenvalue weighted by Crippen LogP contribution is -2.67. The van der Waals surface area contributed by atoms with Crippen LogP contribution in [0.1, 0.15) is 31.2 Å². The van der Waals surface area contributed by atoms with E-state index in [-0.39, 0.29) is 40.4 Å². The molecule has 5 rings (SSSR count). The van der Waals surface area contributed by atoms with E-state index in [1.165, 1.54) is 25.1 Å². The van der Waals surface area contributed by atoms with E-state index in [1.807, 2.05) is 36.3 Å². The summed E-state index contributed by atoms with van der Waals surface area (Å²) >= 11 is 0. The number of nitrogens with one attached hydrogen (secondary N) is 1. The Labute approximate surface area is 215 Å². The summed E-state index contributed by atoms with van der Waals surface area (Å²) in [6.45, 7) is 0.394. The van der Waals surface area contributed by atoms with Gasteiger partial charge in [-0.05, 0) is 36.5 Å². The van der Waals surface area contributed by atoms with Crippen LogP contribution in [-0.4, -0.2) is 70.8 Å². The molecule has 9 heteroatoms. The van der Waals surface area contributed by atoms with E-state index in [9.17, 15) is 24.3 Å². The highest BCUT2D eigenvalue weighted by Crippen LogP contribution is 2.58. The van der Waals surface area contributed by atoms with Gasteiger partial charge < -0.3 is 14.7 Å². The molecule has 3 fully saturated rings. The number of carboxylic acids is 1. The molecule has 2 N–H and O–H groups in total. The molecule has 0 aromatic heterocycles. The zero-order valence-corrected chi connectivity index (χ0v) is 21.0. The van der Waals surface area contributed by atoms with Crippen LogP contribution in [0, 0.1) is 17.8 Å². The molecule has 2 saturated carbocycles. The molecule has 0 radical (unpaired) electrons. The van der Waals surface area contributed by atoms with Crippen molar-refractivity contribution >= 4 is 23.9 Å². The van der Waals surface area contributed by atoms with Gasteiger partial charge in [0.1, 0.15) is 18.5 Å². The molecular formula is C28H32N3O6+. The quantitative estimate of drug-likeness (QED) is 0.412. The molecule has 37 heavy (non-hydrogen) atoms. The zero-order valence-electron chi connectivity index (χ0n) is 21.0. The van der Waals surface area contributed by atoms with Crippen LogP contribution in [0.25, 0.3) is 0 Å². The lowest BCUT2D eigenvalue weighted by molar-refractivity contribution is -0.930. The number of quaternary nitrogens is 1. The molecule has 1 aromatic carbocycles. The number of likely N-dealkylation sites (tertiary alicyclic amines) is 1. The van der Waals surface area contributed by atoms with Crippen LogP contribution >= 0.6 is 0 Å². The highest BCUT2D eigenvalue weighted by molar-refractivity contribution is 5.78. The Balaban J connectivity index is 1.40. The molecule has 4 aliphatic rings. The molecule has 2 bridgehead atoms. The number of benzene rings is 1. The number of ether oxygens (including phenoxy) is 1. The fourth-order valence-electron chi connectivity index (χ4n) is 6.71. The number of rotatable bonds is 8. The third-order valence-electron chi connectivity index (χ3n) is 8.30. The second kappa shape index (κ2) is 9.74. The van der Waals surface area contributed by atoms with E-state index in [2.05, 4.69) is 5.43 Å². The predicted molar refractivity (Wildman–Crippen MR) is 133 cm³/mol. The fourth-order valence-corrected chi connectivity index (χ4v) is 6.71. The molecule has 0 spiro atoms. The SMILES string of the molecule is CN(C)C(=O)OC1C=CC(C[C@H](N[N+]2(Cc3ccccc3)C(=O)C3CC4CC3C2C4)C(=O)O)=CC1=C=O. The number of carbonyl (C=O) groups excluding carboxylic acids is 3. The third kappa shape index (κ3) is 4.55. The number of hydrogen-bond donors (Lipinski definition) is 2. The average molecular weight is 507 g/mol. The molecule has 1 aromatic rings. The van der Waals surface area contributed by atoms with E-state index in [0.717, 1.165) is 24.8 Å². The largest absolute Gasteiger partial charge is 0.480 e. The van der Waals surface area contributed by atoms with Crippen molar-refractivity contribution in [3.8, 4) is 0 Å². The van der Waals surface area contributed by atoms with Gasteiger partial charge in [0.2, 0.25) is 0 Å². The van der Waals surface area contributed by atoms with E-state index in [0.29, 0.717) is 18.0 Å². The van der Waals surface area contributed by atoms with E-state index in [4.69, 9.17) is 4.74 Å². The van der Waals surface area contributed by atoms with Gasteiger partial charge in [-0.25, -0.2) is 14.4 Å². The number of fused-ring (bicyclic) bond motifs is 1. The summed E-state index contributed by atoms with van der Waals surface area (Å²) in [5.41, 5.74) is 4.97. The maximum Gasteiger partial charge on any atom is 0.410 e. The molecule has 9 nitrogen and oxygen atoms in total. The first-order chi connectivity index (χ1) is 17.7. The van der Waals surface area contributed by atoms with E-state index < -0.39 is 24.2 Å². The first kappa shape index (κ1) is 25.1. The Kier molecular flexibility index (Phi) is 6.62. The van der Waals surface area contributed by atoms with Crippen molar-refractivity contribution in [3.05, 3.63) is 65.3 Å². The van der Waals surface area contributed by atoms with Gasteiger partial charge in [-0.3, -0.25) is 4.79 Å². The first-order valence-corrected chi connectivity index (χ1v) is 12.7. The minimum atomic E-state index is -1.07. The smallest absolute Gasteiger partial charge is 0.410 e. The lowest BCUT2D eigenvalue weighted by atomic mass is 9.90. The maximum absolute atomic E-state index is 13.9. The molecule has 1 saturated heterocycles. The normalized spacial score (nSPS) is 32.2. The number of nitrogens with zero attached hydrogens (tertiary/aromatic N) is 2. The van der Waals surface area contributed by atoms with Gasteiger partial charge in [0.25, 0.3) is 0 Å². The molecule has 3 aliphatic carbocycles. The zero-order chi connectivity index (χ0) is 26.3. The Morgan fingerprint density at radius 1 is 1.22 bits per heavy atom. The van der Waals surface area contributed by atoms with E-state index >= 15 is 0 Å². The van der Waals surface area contributed by atoms with Gasteiger partial charge in [0, 0.05) is 38.4 Å². The Morgan fingerprint density at radius 3 is 2.59 bits per heavy atom. The first-order valence-electron chi connectivity index (χ1n) is 12.7. The van der Waals surface area contributed by atoms with Crippen LogP contribution in [-0.2, 0) is 25.7 Å². The van der Waals surface area contributed by atoms with Crippen LogP contribution < -0.4 is 5.43 Å². The third-order valence-corrected chi connectivity index (χ3v) is 8.30. The second-order valence-electron chi connectivity index (χ2n) is 10.8. The summed E-state index contributed by atoms with van der Waals surface area (Å²) in [5.74, 6) is 1.61.